The summed E-state index contributed by atoms with van der Waals surface area (Å²) in [4.78, 5) is 12.8. The highest BCUT2D eigenvalue weighted by Crippen LogP contribution is 2.76. The smallest absolute Gasteiger partial charge is 0.184 e. The average Bonchev–Trinajstić information content (AvgIpc) is 3.19. The number of nitrogens with zero attached hydrogens (tertiary/aromatic N) is 1. The van der Waals surface area contributed by atoms with Gasteiger partial charge in [-0.3, -0.25) is 4.79 Å². The van der Waals surface area contributed by atoms with Gasteiger partial charge in [-0.2, -0.15) is 5.26 Å². The molecule has 144 valence electrons. The van der Waals surface area contributed by atoms with Crippen LogP contribution in [0, 0.1) is 58.2 Å². The molecule has 5 aliphatic rings. The fourth-order valence-corrected chi connectivity index (χ4v) is 8.48. The number of aliphatic hydroxyl groups is 1. The Labute approximate surface area is 161 Å². The summed E-state index contributed by atoms with van der Waals surface area (Å²) in [6.07, 6.45) is 11.8. The van der Waals surface area contributed by atoms with Crippen molar-refractivity contribution in [3.05, 3.63) is 0 Å². The van der Waals surface area contributed by atoms with E-state index in [2.05, 4.69) is 25.8 Å². The molecule has 1 heterocycles. The number of hydrogen-bond acceptors (Lipinski definition) is 4. The van der Waals surface area contributed by atoms with E-state index >= 15 is 0 Å². The first-order chi connectivity index (χ1) is 12.6. The van der Waals surface area contributed by atoms with Crippen molar-refractivity contribution < 1.29 is 14.6 Å². The third-order valence-electron chi connectivity index (χ3n) is 10.1. The molecule has 0 aromatic carbocycles. The molecule has 1 N–H and O–H groups in total. The van der Waals surface area contributed by atoms with Gasteiger partial charge in [0, 0.05) is 10.8 Å². The first-order valence-corrected chi connectivity index (χ1v) is 10.5. The molecule has 0 bridgehead atoms. The monoisotopic (exact) mass is 367 g/mol. The molecule has 1 aliphatic heterocycles. The number of ketones is 1. The van der Waals surface area contributed by atoms with Gasteiger partial charge < -0.3 is 9.84 Å². The summed E-state index contributed by atoms with van der Waals surface area (Å²) < 4.78 is 6.27. The number of hydrogen-bond donors (Lipinski definition) is 1. The predicted molar refractivity (Wildman–Crippen MR) is 99.1 cm³/mol. The van der Waals surface area contributed by atoms with E-state index in [-0.39, 0.29) is 22.2 Å². The largest absolute Gasteiger partial charge is 0.377 e. The number of rotatable bonds is 0. The van der Waals surface area contributed by atoms with Crippen molar-refractivity contribution in [2.45, 2.75) is 82.5 Å². The Morgan fingerprint density at radius 1 is 1.11 bits per heavy atom. The lowest BCUT2D eigenvalue weighted by Crippen LogP contribution is -2.62. The van der Waals surface area contributed by atoms with Gasteiger partial charge in [0.05, 0.1) is 6.07 Å². The first kappa shape index (κ1) is 17.7. The topological polar surface area (TPSA) is 73.6 Å². The van der Waals surface area contributed by atoms with Gasteiger partial charge >= 0.3 is 0 Å². The van der Waals surface area contributed by atoms with Gasteiger partial charge in [-0.15, -0.1) is 6.42 Å². The second-order valence-electron chi connectivity index (χ2n) is 10.5. The molecule has 0 aromatic rings. The lowest BCUT2D eigenvalue weighted by atomic mass is 9.42. The van der Waals surface area contributed by atoms with E-state index in [1.54, 1.807) is 0 Å². The molecule has 27 heavy (non-hydrogen) atoms. The third-order valence-corrected chi connectivity index (χ3v) is 10.1. The molecule has 5 rings (SSSR count). The Bertz CT molecular complexity index is 824. The van der Waals surface area contributed by atoms with Crippen molar-refractivity contribution in [1.29, 1.82) is 5.26 Å². The number of nitriles is 1. The van der Waals surface area contributed by atoms with Crippen LogP contribution < -0.4 is 0 Å². The van der Waals surface area contributed by atoms with Gasteiger partial charge in [0.15, 0.2) is 11.4 Å². The van der Waals surface area contributed by atoms with Gasteiger partial charge in [0.25, 0.3) is 0 Å². The van der Waals surface area contributed by atoms with Gasteiger partial charge in [0.1, 0.15) is 17.1 Å². The van der Waals surface area contributed by atoms with Gasteiger partial charge in [-0.25, -0.2) is 0 Å². The maximum atomic E-state index is 12.8. The molecule has 0 amide bonds. The molecule has 5 fully saturated rings. The zero-order valence-corrected chi connectivity index (χ0v) is 16.5. The van der Waals surface area contributed by atoms with Crippen molar-refractivity contribution in [3.63, 3.8) is 0 Å². The van der Waals surface area contributed by atoms with Crippen molar-refractivity contribution in [2.75, 3.05) is 0 Å². The fourth-order valence-electron chi connectivity index (χ4n) is 8.48. The fraction of sp³-hybridized carbons (Fsp3) is 0.826. The van der Waals surface area contributed by atoms with Crippen LogP contribution in [-0.4, -0.2) is 27.7 Å². The van der Waals surface area contributed by atoms with Gasteiger partial charge in [-0.1, -0.05) is 19.8 Å². The summed E-state index contributed by atoms with van der Waals surface area (Å²) in [6, 6.07) is 2.27. The van der Waals surface area contributed by atoms with E-state index in [0.717, 1.165) is 32.1 Å². The number of carbonyl (C=O) groups is 1. The highest BCUT2D eigenvalue weighted by atomic mass is 16.6. The summed E-state index contributed by atoms with van der Waals surface area (Å²) >= 11 is 0. The Morgan fingerprint density at radius 2 is 1.78 bits per heavy atom. The molecular formula is C23H29NO3. The lowest BCUT2D eigenvalue weighted by Gasteiger charge is -2.60. The van der Waals surface area contributed by atoms with Crippen LogP contribution in [0.3, 0.4) is 0 Å². The SMILES string of the molecule is C#C[C@]1(O)CC[C@H]2[C@@H]3CC[C@@]45O[C@]4(C)C(=O)[C@H](C#N)C[C@]5(C)[C@H]3CC[C@@]21C. The number of ether oxygens (including phenoxy) is 1. The average molecular weight is 367 g/mol. The summed E-state index contributed by atoms with van der Waals surface area (Å²) in [5, 5.41) is 20.7. The van der Waals surface area contributed by atoms with Crippen molar-refractivity contribution in [2.24, 2.45) is 34.5 Å². The normalized spacial score (nSPS) is 60.9. The third kappa shape index (κ3) is 1.64. The Balaban J connectivity index is 1.55. The van der Waals surface area contributed by atoms with Crippen LogP contribution in [0.1, 0.15) is 65.7 Å². The summed E-state index contributed by atoms with van der Waals surface area (Å²) in [7, 11) is 0. The molecule has 0 unspecified atom stereocenters. The maximum absolute atomic E-state index is 12.8. The van der Waals surface area contributed by atoms with E-state index < -0.39 is 17.1 Å². The number of Topliss-reactive ketones (excluding diaryl/α,β-unsaturated/α-hetero) is 1. The van der Waals surface area contributed by atoms with Crippen LogP contribution in [0.25, 0.3) is 0 Å². The minimum Gasteiger partial charge on any atom is -0.377 e. The second kappa shape index (κ2) is 4.79. The highest BCUT2D eigenvalue weighted by Gasteiger charge is 2.84. The number of terminal acetylenes is 1. The molecule has 0 radical (unpaired) electrons. The Kier molecular flexibility index (Phi) is 3.14. The molecule has 4 nitrogen and oxygen atoms in total. The van der Waals surface area contributed by atoms with E-state index in [4.69, 9.17) is 11.2 Å². The zero-order chi connectivity index (χ0) is 19.5. The summed E-state index contributed by atoms with van der Waals surface area (Å²) in [6.45, 7) is 6.38. The quantitative estimate of drug-likeness (QED) is 0.527. The van der Waals surface area contributed by atoms with Crippen LogP contribution in [0.4, 0.5) is 0 Å². The van der Waals surface area contributed by atoms with Crippen LogP contribution in [0.15, 0.2) is 0 Å². The van der Waals surface area contributed by atoms with Crippen LogP contribution in [0.5, 0.6) is 0 Å². The van der Waals surface area contributed by atoms with Crippen LogP contribution in [0.2, 0.25) is 0 Å². The number of carbonyl (C=O) groups excluding carboxylic acids is 1. The molecule has 4 aliphatic carbocycles. The highest BCUT2D eigenvalue weighted by molar-refractivity contribution is 5.96. The lowest BCUT2D eigenvalue weighted by molar-refractivity contribution is -0.147. The number of fused-ring (bicyclic) bond motifs is 4. The van der Waals surface area contributed by atoms with Crippen LogP contribution >= 0.6 is 0 Å². The molecule has 9 atom stereocenters. The molecular weight excluding hydrogens is 338 g/mol. The predicted octanol–water partition coefficient (Wildman–Crippen LogP) is 3.23. The summed E-state index contributed by atoms with van der Waals surface area (Å²) in [5.41, 5.74) is -2.55. The Morgan fingerprint density at radius 3 is 2.44 bits per heavy atom. The van der Waals surface area contributed by atoms with E-state index in [1.165, 1.54) is 0 Å². The van der Waals surface area contributed by atoms with Crippen molar-refractivity contribution in [1.82, 2.24) is 0 Å². The van der Waals surface area contributed by atoms with Gasteiger partial charge in [0.2, 0.25) is 0 Å². The van der Waals surface area contributed by atoms with Crippen molar-refractivity contribution in [3.8, 4) is 18.4 Å². The second-order valence-corrected chi connectivity index (χ2v) is 10.5. The molecule has 4 heteroatoms. The van der Waals surface area contributed by atoms with E-state index in [9.17, 15) is 15.2 Å². The Hall–Kier alpha value is -1.36. The van der Waals surface area contributed by atoms with E-state index in [0.29, 0.717) is 30.6 Å². The standard InChI is InChI=1S/C23H29NO3/c1-5-22(26)10-8-16-15-6-11-23-20(3,17(15)7-9-19(16,22)2)12-14(13-24)18(25)21(23,4)27-23/h1,14-17,26H,6-12H2,2-4H3/t14-,15-,16-,17-,19-,20+,21+,22-,23-/m0/s1. The van der Waals surface area contributed by atoms with E-state index in [1.807, 2.05) is 6.92 Å². The zero-order valence-electron chi connectivity index (χ0n) is 16.5. The number of epoxide rings is 1. The van der Waals surface area contributed by atoms with Gasteiger partial charge in [-0.05, 0) is 69.6 Å². The molecule has 1 spiro atoms. The first-order valence-electron chi connectivity index (χ1n) is 10.5. The summed E-state index contributed by atoms with van der Waals surface area (Å²) in [5.74, 6) is 3.48. The minimum atomic E-state index is -0.999. The maximum Gasteiger partial charge on any atom is 0.184 e. The molecule has 0 aromatic heterocycles. The molecule has 4 saturated carbocycles. The molecule has 1 saturated heterocycles. The van der Waals surface area contributed by atoms with Crippen LogP contribution in [-0.2, 0) is 9.53 Å². The minimum absolute atomic E-state index is 0.0100. The van der Waals surface area contributed by atoms with Crippen molar-refractivity contribution >= 4 is 5.78 Å².